The van der Waals surface area contributed by atoms with Crippen LogP contribution in [-0.2, 0) is 9.53 Å². The van der Waals surface area contributed by atoms with Crippen LogP contribution in [0, 0.1) is 16.7 Å². The minimum atomic E-state index is -0.786. The van der Waals surface area contributed by atoms with Gasteiger partial charge in [0.05, 0.1) is 11.7 Å². The van der Waals surface area contributed by atoms with Gasteiger partial charge in [0.15, 0.2) is 0 Å². The largest absolute Gasteiger partial charge is 0.373 e. The van der Waals surface area contributed by atoms with Gasteiger partial charge in [-0.1, -0.05) is 18.9 Å². The van der Waals surface area contributed by atoms with Crippen LogP contribution in [0.5, 0.6) is 0 Å². The van der Waals surface area contributed by atoms with Crippen LogP contribution in [0.4, 0.5) is 5.82 Å². The van der Waals surface area contributed by atoms with Crippen molar-refractivity contribution in [2.45, 2.75) is 56.6 Å². The molecule has 1 N–H and O–H groups in total. The zero-order chi connectivity index (χ0) is 18.0. The lowest BCUT2D eigenvalue weighted by atomic mass is 9.86. The highest BCUT2D eigenvalue weighted by Crippen LogP contribution is 2.42. The van der Waals surface area contributed by atoms with Crippen LogP contribution in [-0.4, -0.2) is 47.1 Å². The molecule has 1 saturated carbocycles. The number of nitrogens with one attached hydrogen (secondary N) is 1. The smallest absolute Gasteiger partial charge is 0.243 e. The Morgan fingerprint density at radius 2 is 2.19 bits per heavy atom. The first-order valence-corrected chi connectivity index (χ1v) is 9.67. The number of amides is 1. The number of nitriles is 1. The molecule has 2 atom stereocenters. The van der Waals surface area contributed by atoms with Gasteiger partial charge in [0.2, 0.25) is 5.91 Å². The summed E-state index contributed by atoms with van der Waals surface area (Å²) in [6.45, 7) is 1.99. The van der Waals surface area contributed by atoms with Gasteiger partial charge in [-0.2, -0.15) is 5.26 Å². The lowest BCUT2D eigenvalue weighted by molar-refractivity contribution is -0.140. The van der Waals surface area contributed by atoms with E-state index in [1.807, 2.05) is 23.1 Å². The van der Waals surface area contributed by atoms with Gasteiger partial charge < -0.3 is 15.0 Å². The third-order valence-corrected chi connectivity index (χ3v) is 6.19. The van der Waals surface area contributed by atoms with Crippen molar-refractivity contribution in [1.82, 2.24) is 9.88 Å². The summed E-state index contributed by atoms with van der Waals surface area (Å²) in [6.07, 6.45) is 7.81. The maximum Gasteiger partial charge on any atom is 0.243 e. The molecular formula is C20H26N4O2. The predicted molar refractivity (Wildman–Crippen MR) is 97.3 cm³/mol. The van der Waals surface area contributed by atoms with Gasteiger partial charge in [-0.3, -0.25) is 4.79 Å². The molecule has 0 bridgehead atoms. The number of anilines is 1. The summed E-state index contributed by atoms with van der Waals surface area (Å²) in [5.41, 5.74) is -1.07. The summed E-state index contributed by atoms with van der Waals surface area (Å²) in [5.74, 6) is 0.910. The summed E-state index contributed by atoms with van der Waals surface area (Å²) < 4.78 is 6.17. The van der Waals surface area contributed by atoms with Crippen LogP contribution in [0.25, 0.3) is 0 Å². The number of ether oxygens (including phenoxy) is 1. The second-order valence-corrected chi connectivity index (χ2v) is 7.96. The van der Waals surface area contributed by atoms with Gasteiger partial charge in [-0.05, 0) is 44.2 Å². The van der Waals surface area contributed by atoms with E-state index in [4.69, 9.17) is 4.74 Å². The van der Waals surface area contributed by atoms with E-state index in [2.05, 4.69) is 16.4 Å². The van der Waals surface area contributed by atoms with E-state index in [-0.39, 0.29) is 11.5 Å². The van der Waals surface area contributed by atoms with Crippen molar-refractivity contribution >= 4 is 11.7 Å². The molecular weight excluding hydrogens is 328 g/mol. The third kappa shape index (κ3) is 3.16. The van der Waals surface area contributed by atoms with E-state index < -0.39 is 5.41 Å². The molecule has 2 aliphatic heterocycles. The quantitative estimate of drug-likeness (QED) is 0.903. The van der Waals surface area contributed by atoms with Crippen molar-refractivity contribution < 1.29 is 9.53 Å². The van der Waals surface area contributed by atoms with Crippen LogP contribution < -0.4 is 5.32 Å². The SMILES string of the molecule is N#CC1(C(=O)N2CC[C@@]3(C[C@H](Nc4ccccn4)CCO3)C2)CCCC1. The molecule has 1 spiro atoms. The summed E-state index contributed by atoms with van der Waals surface area (Å²) in [6, 6.07) is 8.49. The Labute approximate surface area is 154 Å². The lowest BCUT2D eigenvalue weighted by Gasteiger charge is -2.39. The Kier molecular flexibility index (Phi) is 4.58. The number of rotatable bonds is 3. The number of nitrogens with zero attached hydrogens (tertiary/aromatic N) is 3. The highest BCUT2D eigenvalue weighted by molar-refractivity contribution is 5.86. The van der Waals surface area contributed by atoms with Crippen molar-refractivity contribution in [2.75, 3.05) is 25.0 Å². The molecule has 6 nitrogen and oxygen atoms in total. The van der Waals surface area contributed by atoms with Crippen molar-refractivity contribution in [3.63, 3.8) is 0 Å². The Hall–Kier alpha value is -2.13. The molecule has 3 aliphatic rings. The zero-order valence-corrected chi connectivity index (χ0v) is 15.1. The van der Waals surface area contributed by atoms with Gasteiger partial charge in [0.1, 0.15) is 11.2 Å². The summed E-state index contributed by atoms with van der Waals surface area (Å²) in [4.78, 5) is 19.3. The number of aromatic nitrogens is 1. The first-order valence-electron chi connectivity index (χ1n) is 9.67. The highest BCUT2D eigenvalue weighted by atomic mass is 16.5. The first-order chi connectivity index (χ1) is 12.6. The highest BCUT2D eigenvalue weighted by Gasteiger charge is 2.50. The molecule has 0 radical (unpaired) electrons. The average molecular weight is 354 g/mol. The van der Waals surface area contributed by atoms with Gasteiger partial charge >= 0.3 is 0 Å². The fourth-order valence-corrected chi connectivity index (χ4v) is 4.77. The standard InChI is InChI=1S/C20H26N4O2/c21-14-19(7-2-3-8-19)18(25)24-11-9-20(15-24)13-16(6-12-26-20)23-17-5-1-4-10-22-17/h1,4-5,10,16H,2-3,6-9,11-13,15H2,(H,22,23)/t16-,20-/m1/s1. The third-order valence-electron chi connectivity index (χ3n) is 6.19. The van der Waals surface area contributed by atoms with E-state index in [9.17, 15) is 10.1 Å². The fraction of sp³-hybridized carbons (Fsp3) is 0.650. The summed E-state index contributed by atoms with van der Waals surface area (Å²) in [5, 5.41) is 13.1. The second-order valence-electron chi connectivity index (χ2n) is 7.96. The van der Waals surface area contributed by atoms with Crippen molar-refractivity contribution in [1.29, 1.82) is 5.26 Å². The summed E-state index contributed by atoms with van der Waals surface area (Å²) >= 11 is 0. The number of carbonyl (C=O) groups excluding carboxylic acids is 1. The number of carbonyl (C=O) groups is 1. The zero-order valence-electron chi connectivity index (χ0n) is 15.1. The lowest BCUT2D eigenvalue weighted by Crippen LogP contribution is -2.48. The van der Waals surface area contributed by atoms with Crippen molar-refractivity contribution in [2.24, 2.45) is 5.41 Å². The normalized spacial score (nSPS) is 30.3. The number of pyridine rings is 1. The minimum Gasteiger partial charge on any atom is -0.373 e. The molecule has 0 aromatic carbocycles. The van der Waals surface area contributed by atoms with Crippen LogP contribution in [0.15, 0.2) is 24.4 Å². The molecule has 1 aromatic rings. The Morgan fingerprint density at radius 3 is 2.92 bits per heavy atom. The van der Waals surface area contributed by atoms with Crippen molar-refractivity contribution in [3.8, 4) is 6.07 Å². The predicted octanol–water partition coefficient (Wildman–Crippen LogP) is 2.73. The van der Waals surface area contributed by atoms with E-state index in [0.717, 1.165) is 37.9 Å². The Balaban J connectivity index is 1.42. The van der Waals surface area contributed by atoms with E-state index in [1.54, 1.807) is 6.20 Å². The molecule has 6 heteroatoms. The molecule has 138 valence electrons. The summed E-state index contributed by atoms with van der Waals surface area (Å²) in [7, 11) is 0. The Morgan fingerprint density at radius 1 is 1.35 bits per heavy atom. The number of likely N-dealkylation sites (tertiary alicyclic amines) is 1. The minimum absolute atomic E-state index is 0.0257. The van der Waals surface area contributed by atoms with Gasteiger partial charge in [0.25, 0.3) is 0 Å². The molecule has 0 unspecified atom stereocenters. The Bertz CT molecular complexity index is 696. The maximum absolute atomic E-state index is 13.0. The average Bonchev–Trinajstić information content (AvgIpc) is 3.30. The molecule has 3 fully saturated rings. The first kappa shape index (κ1) is 17.3. The molecule has 3 heterocycles. The topological polar surface area (TPSA) is 78.3 Å². The van der Waals surface area contributed by atoms with E-state index in [0.29, 0.717) is 38.6 Å². The van der Waals surface area contributed by atoms with Crippen molar-refractivity contribution in [3.05, 3.63) is 24.4 Å². The number of hydrogen-bond acceptors (Lipinski definition) is 5. The fourth-order valence-electron chi connectivity index (χ4n) is 4.77. The van der Waals surface area contributed by atoms with Crippen LogP contribution in [0.1, 0.15) is 44.9 Å². The van der Waals surface area contributed by atoms with E-state index >= 15 is 0 Å². The maximum atomic E-state index is 13.0. The van der Waals surface area contributed by atoms with Crippen LogP contribution in [0.2, 0.25) is 0 Å². The van der Waals surface area contributed by atoms with Gasteiger partial charge in [-0.15, -0.1) is 0 Å². The van der Waals surface area contributed by atoms with Gasteiger partial charge in [0, 0.05) is 31.9 Å². The van der Waals surface area contributed by atoms with Gasteiger partial charge in [-0.25, -0.2) is 4.98 Å². The number of hydrogen-bond donors (Lipinski definition) is 1. The van der Waals surface area contributed by atoms with Crippen LogP contribution >= 0.6 is 0 Å². The molecule has 4 rings (SSSR count). The molecule has 26 heavy (non-hydrogen) atoms. The molecule has 1 amide bonds. The molecule has 1 aromatic heterocycles. The van der Waals surface area contributed by atoms with E-state index in [1.165, 1.54) is 0 Å². The van der Waals surface area contributed by atoms with Crippen LogP contribution in [0.3, 0.4) is 0 Å². The monoisotopic (exact) mass is 354 g/mol. The molecule has 2 saturated heterocycles. The molecule has 1 aliphatic carbocycles. The second kappa shape index (κ2) is 6.88.